The summed E-state index contributed by atoms with van der Waals surface area (Å²) in [7, 11) is 0. The number of anilines is 3. The fraction of sp³-hybridized carbons (Fsp3) is 0. The van der Waals surface area contributed by atoms with E-state index >= 15 is 0 Å². The molecule has 2 rings (SSSR count). The smallest absolute Gasteiger partial charge is 0.160 e. The zero-order chi connectivity index (χ0) is 12.3. The fourth-order valence-corrected chi connectivity index (χ4v) is 1.27. The van der Waals surface area contributed by atoms with E-state index in [0.29, 0.717) is 11.6 Å². The number of benzene rings is 1. The number of hydrogen-bond donors (Lipinski definition) is 3. The Balaban J connectivity index is 2.24. The second-order valence-corrected chi connectivity index (χ2v) is 3.22. The van der Waals surface area contributed by atoms with Crippen molar-refractivity contribution in [2.75, 3.05) is 10.7 Å². The summed E-state index contributed by atoms with van der Waals surface area (Å²) in [6.07, 6.45) is 2.82. The Kier molecular flexibility index (Phi) is 3.10. The van der Waals surface area contributed by atoms with Crippen LogP contribution in [0.4, 0.5) is 26.1 Å². The Morgan fingerprint density at radius 3 is 2.29 bits per heavy atom. The molecule has 0 atom stereocenters. The first kappa shape index (κ1) is 11.2. The molecule has 2 aromatic rings. The van der Waals surface area contributed by atoms with Crippen LogP contribution in [0.15, 0.2) is 30.6 Å². The van der Waals surface area contributed by atoms with E-state index in [0.717, 1.165) is 18.2 Å². The highest BCUT2D eigenvalue weighted by atomic mass is 19.1. The molecule has 5 nitrogen and oxygen atoms in total. The highest BCUT2D eigenvalue weighted by molar-refractivity contribution is 5.56. The molecule has 17 heavy (non-hydrogen) atoms. The molecule has 0 fully saturated rings. The quantitative estimate of drug-likeness (QED) is 0.560. The zero-order valence-corrected chi connectivity index (χ0v) is 8.61. The van der Waals surface area contributed by atoms with Crippen LogP contribution in [0, 0.1) is 11.6 Å². The summed E-state index contributed by atoms with van der Waals surface area (Å²) in [5, 5.41) is 2.71. The summed E-state index contributed by atoms with van der Waals surface area (Å²) in [5.41, 5.74) is 2.56. The first-order chi connectivity index (χ1) is 8.17. The highest BCUT2D eigenvalue weighted by Gasteiger charge is 2.02. The minimum absolute atomic E-state index is 0.242. The summed E-state index contributed by atoms with van der Waals surface area (Å²) in [5.74, 6) is 4.48. The van der Waals surface area contributed by atoms with Crippen molar-refractivity contribution in [3.63, 3.8) is 0 Å². The largest absolute Gasteiger partial charge is 0.339 e. The number of halogens is 2. The Morgan fingerprint density at radius 2 is 1.65 bits per heavy atom. The molecular weight excluding hydrogens is 228 g/mol. The Hall–Kier alpha value is -2.28. The lowest BCUT2D eigenvalue weighted by atomic mass is 10.3. The summed E-state index contributed by atoms with van der Waals surface area (Å²) in [6, 6.07) is 3.08. The van der Waals surface area contributed by atoms with Crippen LogP contribution in [0.1, 0.15) is 0 Å². The number of nitrogens with two attached hydrogens (primary N) is 1. The maximum atomic E-state index is 12.9. The molecular formula is C10H9F2N5. The molecule has 0 aliphatic carbocycles. The fourth-order valence-electron chi connectivity index (χ4n) is 1.27. The Bertz CT molecular complexity index is 512. The predicted molar refractivity (Wildman–Crippen MR) is 59.5 cm³/mol. The standard InChI is InChI=1S/C10H9F2N5/c11-6-1-7(12)3-8(2-6)15-9-4-14-5-10(16-9)17-13/h1-5H,13H2,(H2,15,16,17). The van der Waals surface area contributed by atoms with Gasteiger partial charge in [-0.1, -0.05) is 0 Å². The van der Waals surface area contributed by atoms with Crippen molar-refractivity contribution in [1.29, 1.82) is 0 Å². The third-order valence-electron chi connectivity index (χ3n) is 1.92. The minimum Gasteiger partial charge on any atom is -0.339 e. The predicted octanol–water partition coefficient (Wildman–Crippen LogP) is 1.78. The number of nitrogen functional groups attached to an aromatic ring is 1. The topological polar surface area (TPSA) is 75.9 Å². The van der Waals surface area contributed by atoms with Crippen molar-refractivity contribution in [2.24, 2.45) is 5.84 Å². The number of nitrogens with one attached hydrogen (secondary N) is 2. The molecule has 0 bridgehead atoms. The average molecular weight is 237 g/mol. The maximum absolute atomic E-state index is 12.9. The van der Waals surface area contributed by atoms with Crippen molar-refractivity contribution in [1.82, 2.24) is 9.97 Å². The summed E-state index contributed by atoms with van der Waals surface area (Å²) in [4.78, 5) is 7.83. The van der Waals surface area contributed by atoms with Crippen LogP contribution in [0.5, 0.6) is 0 Å². The van der Waals surface area contributed by atoms with E-state index < -0.39 is 11.6 Å². The van der Waals surface area contributed by atoms with E-state index in [9.17, 15) is 8.78 Å². The molecule has 0 aliphatic heterocycles. The highest BCUT2D eigenvalue weighted by Crippen LogP contribution is 2.17. The van der Waals surface area contributed by atoms with E-state index in [1.165, 1.54) is 12.4 Å². The van der Waals surface area contributed by atoms with E-state index in [2.05, 4.69) is 20.7 Å². The lowest BCUT2D eigenvalue weighted by Crippen LogP contribution is -2.09. The lowest BCUT2D eigenvalue weighted by molar-refractivity contribution is 0.584. The molecule has 4 N–H and O–H groups in total. The second-order valence-electron chi connectivity index (χ2n) is 3.22. The number of rotatable bonds is 3. The summed E-state index contributed by atoms with van der Waals surface area (Å²) >= 11 is 0. The molecule has 0 unspecified atom stereocenters. The normalized spacial score (nSPS) is 10.1. The third kappa shape index (κ3) is 2.85. The van der Waals surface area contributed by atoms with Crippen molar-refractivity contribution in [2.45, 2.75) is 0 Å². The number of hydrogen-bond acceptors (Lipinski definition) is 5. The second kappa shape index (κ2) is 4.71. The van der Waals surface area contributed by atoms with Gasteiger partial charge in [-0.2, -0.15) is 0 Å². The molecule has 1 aromatic heterocycles. The Labute approximate surface area is 95.7 Å². The molecule has 0 radical (unpaired) electrons. The first-order valence-corrected chi connectivity index (χ1v) is 4.69. The van der Waals surface area contributed by atoms with Crippen LogP contribution in [0.2, 0.25) is 0 Å². The van der Waals surface area contributed by atoms with Crippen LogP contribution >= 0.6 is 0 Å². The van der Waals surface area contributed by atoms with E-state index in [1.54, 1.807) is 0 Å². The van der Waals surface area contributed by atoms with Gasteiger partial charge in [0.05, 0.1) is 12.4 Å². The van der Waals surface area contributed by atoms with Gasteiger partial charge in [0, 0.05) is 11.8 Å². The van der Waals surface area contributed by atoms with Crippen molar-refractivity contribution < 1.29 is 8.78 Å². The zero-order valence-electron chi connectivity index (χ0n) is 8.61. The molecule has 0 amide bonds. The van der Waals surface area contributed by atoms with Crippen LogP contribution in [0.3, 0.4) is 0 Å². The van der Waals surface area contributed by atoms with Gasteiger partial charge >= 0.3 is 0 Å². The summed E-state index contributed by atoms with van der Waals surface area (Å²) in [6.45, 7) is 0. The van der Waals surface area contributed by atoms with Gasteiger partial charge in [-0.25, -0.2) is 19.6 Å². The number of aromatic nitrogens is 2. The SMILES string of the molecule is NNc1cncc(Nc2cc(F)cc(F)c2)n1. The van der Waals surface area contributed by atoms with Crippen LogP contribution in [-0.4, -0.2) is 9.97 Å². The maximum Gasteiger partial charge on any atom is 0.160 e. The van der Waals surface area contributed by atoms with Gasteiger partial charge in [-0.05, 0) is 12.1 Å². The van der Waals surface area contributed by atoms with Crippen LogP contribution in [-0.2, 0) is 0 Å². The van der Waals surface area contributed by atoms with E-state index in [1.807, 2.05) is 0 Å². The van der Waals surface area contributed by atoms with Crippen molar-refractivity contribution in [3.8, 4) is 0 Å². The first-order valence-electron chi connectivity index (χ1n) is 4.69. The van der Waals surface area contributed by atoms with Crippen molar-refractivity contribution >= 4 is 17.3 Å². The van der Waals surface area contributed by atoms with Crippen molar-refractivity contribution in [3.05, 3.63) is 42.2 Å². The van der Waals surface area contributed by atoms with E-state index in [-0.39, 0.29) is 5.69 Å². The Morgan fingerprint density at radius 1 is 1.00 bits per heavy atom. The molecule has 0 saturated heterocycles. The molecule has 88 valence electrons. The van der Waals surface area contributed by atoms with Crippen LogP contribution in [0.25, 0.3) is 0 Å². The van der Waals surface area contributed by atoms with Gasteiger partial charge in [-0.15, -0.1) is 0 Å². The number of hydrazine groups is 1. The number of nitrogens with zero attached hydrogens (tertiary/aromatic N) is 2. The molecule has 7 heteroatoms. The van der Waals surface area contributed by atoms with E-state index in [4.69, 9.17) is 5.84 Å². The van der Waals surface area contributed by atoms with Gasteiger partial charge in [0.2, 0.25) is 0 Å². The van der Waals surface area contributed by atoms with Gasteiger partial charge in [0.1, 0.15) is 11.6 Å². The molecule has 0 aliphatic rings. The molecule has 1 heterocycles. The lowest BCUT2D eigenvalue weighted by Gasteiger charge is -2.06. The van der Waals surface area contributed by atoms with Gasteiger partial charge < -0.3 is 10.7 Å². The minimum atomic E-state index is -0.673. The monoisotopic (exact) mass is 237 g/mol. The van der Waals surface area contributed by atoms with Gasteiger partial charge in [0.25, 0.3) is 0 Å². The van der Waals surface area contributed by atoms with Crippen LogP contribution < -0.4 is 16.6 Å². The molecule has 0 spiro atoms. The average Bonchev–Trinajstić information content (AvgIpc) is 2.28. The molecule has 1 aromatic carbocycles. The van der Waals surface area contributed by atoms with Gasteiger partial charge in [0.15, 0.2) is 11.6 Å². The third-order valence-corrected chi connectivity index (χ3v) is 1.92. The summed E-state index contributed by atoms with van der Waals surface area (Å²) < 4.78 is 25.9. The molecule has 0 saturated carbocycles. The van der Waals surface area contributed by atoms with Gasteiger partial charge in [-0.3, -0.25) is 4.98 Å².